The number of aromatic nitrogens is 3. The molecule has 1 aliphatic rings. The number of likely N-dealkylation sites (tertiary alicyclic amines) is 1. The minimum Gasteiger partial charge on any atom is -0.487 e. The predicted molar refractivity (Wildman–Crippen MR) is 110 cm³/mol. The number of halogens is 2. The van der Waals surface area contributed by atoms with E-state index in [4.69, 9.17) is 9.57 Å². The van der Waals surface area contributed by atoms with Crippen LogP contribution in [0.3, 0.4) is 0 Å². The molecule has 0 saturated carbocycles. The molecule has 0 N–H and O–H groups in total. The van der Waals surface area contributed by atoms with Crippen molar-refractivity contribution in [2.75, 3.05) is 19.6 Å². The molecule has 1 aromatic heterocycles. The zero-order valence-electron chi connectivity index (χ0n) is 17.3. The lowest BCUT2D eigenvalue weighted by Gasteiger charge is -2.32. The maximum absolute atomic E-state index is 15.0. The summed E-state index contributed by atoms with van der Waals surface area (Å²) in [6, 6.07) is 8.56. The minimum absolute atomic E-state index is 0.239. The number of unbranched alkanes of at least 4 members (excludes halogenated alkanes) is 1. The normalized spacial score (nSPS) is 15.3. The molecule has 0 aliphatic carbocycles. The van der Waals surface area contributed by atoms with Gasteiger partial charge in [0, 0.05) is 19.2 Å². The molecular formula is C22H24F2N4O3. The van der Waals surface area contributed by atoms with Gasteiger partial charge in [-0.2, -0.15) is 0 Å². The summed E-state index contributed by atoms with van der Waals surface area (Å²) in [7, 11) is 0. The minimum atomic E-state index is -1.09. The van der Waals surface area contributed by atoms with E-state index in [1.54, 1.807) is 24.3 Å². The van der Waals surface area contributed by atoms with Gasteiger partial charge in [-0.3, -0.25) is 0 Å². The van der Waals surface area contributed by atoms with Crippen molar-refractivity contribution in [3.8, 4) is 5.75 Å². The predicted octanol–water partition coefficient (Wildman–Crippen LogP) is 3.62. The monoisotopic (exact) mass is 430 g/mol. The van der Waals surface area contributed by atoms with Crippen molar-refractivity contribution in [1.29, 1.82) is 0 Å². The first-order chi connectivity index (χ1) is 15.0. The summed E-state index contributed by atoms with van der Waals surface area (Å²) < 4.78 is 34.9. The zero-order valence-corrected chi connectivity index (χ0v) is 17.3. The average Bonchev–Trinajstić information content (AvgIpc) is 3.18. The fourth-order valence-corrected chi connectivity index (χ4v) is 3.65. The molecule has 0 spiro atoms. The van der Waals surface area contributed by atoms with E-state index in [0.717, 1.165) is 49.5 Å². The number of piperidine rings is 1. The van der Waals surface area contributed by atoms with Crippen molar-refractivity contribution < 1.29 is 23.1 Å². The largest absolute Gasteiger partial charge is 0.487 e. The van der Waals surface area contributed by atoms with Gasteiger partial charge in [-0.1, -0.05) is 30.3 Å². The van der Waals surface area contributed by atoms with Crippen LogP contribution in [-0.2, 0) is 0 Å². The first-order valence-electron chi connectivity index (χ1n) is 10.5. The lowest BCUT2D eigenvalue weighted by molar-refractivity contribution is 0.0399. The molecule has 1 fully saturated rings. The molecule has 1 aliphatic heterocycles. The van der Waals surface area contributed by atoms with Crippen LogP contribution in [0.4, 0.5) is 8.78 Å². The molecule has 2 heterocycles. The number of para-hydroxylation sites is 1. The fraction of sp³-hybridized carbons (Fsp3) is 0.409. The topological polar surface area (TPSA) is 69.5 Å². The van der Waals surface area contributed by atoms with Crippen molar-refractivity contribution in [3.05, 3.63) is 53.6 Å². The third kappa shape index (κ3) is 4.82. The molecule has 31 heavy (non-hydrogen) atoms. The van der Waals surface area contributed by atoms with Crippen molar-refractivity contribution in [2.45, 2.75) is 38.7 Å². The maximum atomic E-state index is 15.0. The van der Waals surface area contributed by atoms with Crippen LogP contribution in [0, 0.1) is 11.6 Å². The standard InChI is InChI=1S/C22H24F2N4O3/c1-2-3-10-27-11-8-16(9-12-27)30-20-14-15(23)13-17(21(20)24)22(29)31-28-19-7-5-4-6-18(19)25-26-28/h4-7,13-14,16H,2-3,8-12H2,1H3. The Balaban J connectivity index is 1.47. The van der Waals surface area contributed by atoms with E-state index < -0.39 is 23.2 Å². The van der Waals surface area contributed by atoms with Gasteiger partial charge in [0.25, 0.3) is 0 Å². The van der Waals surface area contributed by atoms with Gasteiger partial charge < -0.3 is 14.5 Å². The number of fused-ring (bicyclic) bond motifs is 1. The summed E-state index contributed by atoms with van der Waals surface area (Å²) in [5, 5.41) is 7.59. The SMILES string of the molecule is CCCCN1CCC(Oc2cc(F)cc(C(=O)On3nnc4ccccc43)c2F)CC1. The van der Waals surface area contributed by atoms with Crippen LogP contribution in [0.5, 0.6) is 5.75 Å². The Morgan fingerprint density at radius 3 is 2.74 bits per heavy atom. The molecule has 1 saturated heterocycles. The lowest BCUT2D eigenvalue weighted by atomic mass is 10.1. The molecule has 3 aromatic rings. The number of benzene rings is 2. The third-order valence-electron chi connectivity index (χ3n) is 5.37. The van der Waals surface area contributed by atoms with Gasteiger partial charge in [0.1, 0.15) is 28.5 Å². The molecule has 0 unspecified atom stereocenters. The number of hydrogen-bond donors (Lipinski definition) is 0. The second-order valence-corrected chi connectivity index (χ2v) is 7.61. The van der Waals surface area contributed by atoms with Gasteiger partial charge in [0.05, 0.1) is 0 Å². The van der Waals surface area contributed by atoms with E-state index in [0.29, 0.717) is 23.9 Å². The maximum Gasteiger partial charge on any atom is 0.368 e. The van der Waals surface area contributed by atoms with Crippen LogP contribution >= 0.6 is 0 Å². The molecule has 0 radical (unpaired) electrons. The number of carbonyl (C=O) groups excluding carboxylic acids is 1. The first-order valence-corrected chi connectivity index (χ1v) is 10.5. The van der Waals surface area contributed by atoms with E-state index in [2.05, 4.69) is 22.1 Å². The van der Waals surface area contributed by atoms with Crippen molar-refractivity contribution in [1.82, 2.24) is 20.1 Å². The quantitative estimate of drug-likeness (QED) is 0.534. The summed E-state index contributed by atoms with van der Waals surface area (Å²) in [6.45, 7) is 4.87. The fourth-order valence-electron chi connectivity index (χ4n) is 3.65. The Labute approximate surface area is 178 Å². The Bertz CT molecular complexity index is 1060. The molecular weight excluding hydrogens is 406 g/mol. The second kappa shape index (κ2) is 9.38. The van der Waals surface area contributed by atoms with E-state index in [1.807, 2.05) is 0 Å². The number of rotatable bonds is 7. The molecule has 2 aromatic carbocycles. The Morgan fingerprint density at radius 1 is 1.19 bits per heavy atom. The van der Waals surface area contributed by atoms with E-state index in [-0.39, 0.29) is 11.9 Å². The van der Waals surface area contributed by atoms with Gasteiger partial charge in [0.2, 0.25) is 0 Å². The van der Waals surface area contributed by atoms with Crippen LogP contribution in [-0.4, -0.2) is 51.8 Å². The highest BCUT2D eigenvalue weighted by Gasteiger charge is 2.25. The summed E-state index contributed by atoms with van der Waals surface area (Å²) in [6.07, 6.45) is 3.46. The van der Waals surface area contributed by atoms with Crippen molar-refractivity contribution in [3.63, 3.8) is 0 Å². The van der Waals surface area contributed by atoms with E-state index in [9.17, 15) is 13.6 Å². The average molecular weight is 430 g/mol. The highest BCUT2D eigenvalue weighted by atomic mass is 19.1. The Hall–Kier alpha value is -3.07. The molecule has 164 valence electrons. The van der Waals surface area contributed by atoms with E-state index >= 15 is 0 Å². The summed E-state index contributed by atoms with van der Waals surface area (Å²) in [5.41, 5.74) is 0.373. The van der Waals surface area contributed by atoms with Gasteiger partial charge in [0.15, 0.2) is 11.6 Å². The Kier molecular flexibility index (Phi) is 6.41. The van der Waals surface area contributed by atoms with Gasteiger partial charge in [-0.15, -0.1) is 5.10 Å². The van der Waals surface area contributed by atoms with Gasteiger partial charge in [-0.25, -0.2) is 13.6 Å². The van der Waals surface area contributed by atoms with Crippen LogP contribution in [0.1, 0.15) is 43.0 Å². The molecule has 9 heteroatoms. The molecule has 0 atom stereocenters. The zero-order chi connectivity index (χ0) is 21.8. The number of carbonyl (C=O) groups is 1. The first kappa shape index (κ1) is 21.2. The lowest BCUT2D eigenvalue weighted by Crippen LogP contribution is -2.38. The smallest absolute Gasteiger partial charge is 0.368 e. The third-order valence-corrected chi connectivity index (χ3v) is 5.37. The van der Waals surface area contributed by atoms with Crippen molar-refractivity contribution in [2.24, 2.45) is 0 Å². The second-order valence-electron chi connectivity index (χ2n) is 7.61. The molecule has 0 amide bonds. The summed E-state index contributed by atoms with van der Waals surface area (Å²) in [5.74, 6) is -3.12. The number of hydrogen-bond acceptors (Lipinski definition) is 6. The molecule has 7 nitrogen and oxygen atoms in total. The Morgan fingerprint density at radius 2 is 1.97 bits per heavy atom. The number of ether oxygens (including phenoxy) is 1. The summed E-state index contributed by atoms with van der Waals surface area (Å²) >= 11 is 0. The molecule has 4 rings (SSSR count). The number of nitrogens with zero attached hydrogens (tertiary/aromatic N) is 4. The van der Waals surface area contributed by atoms with Crippen LogP contribution < -0.4 is 9.57 Å². The van der Waals surface area contributed by atoms with Gasteiger partial charge >= 0.3 is 5.97 Å². The highest BCUT2D eigenvalue weighted by molar-refractivity contribution is 5.91. The van der Waals surface area contributed by atoms with Crippen LogP contribution in [0.2, 0.25) is 0 Å². The van der Waals surface area contributed by atoms with Crippen LogP contribution in [0.25, 0.3) is 11.0 Å². The van der Waals surface area contributed by atoms with Crippen LogP contribution in [0.15, 0.2) is 36.4 Å². The summed E-state index contributed by atoms with van der Waals surface area (Å²) in [4.78, 5) is 20.9. The molecule has 0 bridgehead atoms. The van der Waals surface area contributed by atoms with Gasteiger partial charge in [-0.05, 0) is 49.2 Å². The van der Waals surface area contributed by atoms with Crippen molar-refractivity contribution >= 4 is 17.0 Å². The highest BCUT2D eigenvalue weighted by Crippen LogP contribution is 2.26. The van der Waals surface area contributed by atoms with E-state index in [1.165, 1.54) is 0 Å².